The molecule has 2 amide bonds. The van der Waals surface area contributed by atoms with Crippen LogP contribution >= 0.6 is 0 Å². The van der Waals surface area contributed by atoms with Gasteiger partial charge in [0.05, 0.1) is 6.04 Å². The van der Waals surface area contributed by atoms with E-state index in [-0.39, 0.29) is 12.1 Å². The Labute approximate surface area is 138 Å². The highest BCUT2D eigenvalue weighted by Crippen LogP contribution is 2.22. The highest BCUT2D eigenvalue weighted by atomic mass is 16.5. The zero-order valence-corrected chi connectivity index (χ0v) is 14.5. The van der Waals surface area contributed by atoms with Gasteiger partial charge in [0.25, 0.3) is 0 Å². The van der Waals surface area contributed by atoms with E-state index in [0.29, 0.717) is 12.6 Å². The van der Waals surface area contributed by atoms with Crippen LogP contribution in [0.1, 0.15) is 57.3 Å². The van der Waals surface area contributed by atoms with Crippen LogP contribution in [-0.2, 0) is 11.3 Å². The first-order valence-electron chi connectivity index (χ1n) is 8.53. The smallest absolute Gasteiger partial charge is 0.317 e. The summed E-state index contributed by atoms with van der Waals surface area (Å²) < 4.78 is 7.05. The van der Waals surface area contributed by atoms with E-state index < -0.39 is 0 Å². The van der Waals surface area contributed by atoms with Crippen molar-refractivity contribution in [1.29, 1.82) is 0 Å². The third-order valence-corrected chi connectivity index (χ3v) is 4.56. The summed E-state index contributed by atoms with van der Waals surface area (Å²) in [5, 5.41) is 11.2. The fourth-order valence-corrected chi connectivity index (χ4v) is 3.14. The van der Waals surface area contributed by atoms with Crippen LogP contribution < -0.4 is 5.32 Å². The van der Waals surface area contributed by atoms with Gasteiger partial charge in [-0.2, -0.15) is 0 Å². The number of urea groups is 1. The summed E-state index contributed by atoms with van der Waals surface area (Å²) in [6.07, 6.45) is 8.52. The number of methoxy groups -OCH3 is 1. The largest absolute Gasteiger partial charge is 0.385 e. The average molecular weight is 323 g/mol. The van der Waals surface area contributed by atoms with Gasteiger partial charge < -0.3 is 19.5 Å². The van der Waals surface area contributed by atoms with Crippen LogP contribution in [0.25, 0.3) is 0 Å². The second-order valence-electron chi connectivity index (χ2n) is 6.30. The summed E-state index contributed by atoms with van der Waals surface area (Å²) in [5.74, 6) is 0.784. The fourth-order valence-electron chi connectivity index (χ4n) is 3.14. The fraction of sp³-hybridized carbons (Fsp3) is 0.812. The first-order chi connectivity index (χ1) is 11.1. The average Bonchev–Trinajstić information content (AvgIpc) is 3.03. The molecule has 1 saturated carbocycles. The molecule has 2 rings (SSSR count). The molecule has 0 radical (unpaired) electrons. The number of rotatable bonds is 7. The Balaban J connectivity index is 1.89. The topological polar surface area (TPSA) is 72.3 Å². The quantitative estimate of drug-likeness (QED) is 0.782. The molecule has 0 spiro atoms. The van der Waals surface area contributed by atoms with E-state index in [9.17, 15) is 4.79 Å². The number of hydrogen-bond donors (Lipinski definition) is 1. The van der Waals surface area contributed by atoms with Crippen LogP contribution in [0.2, 0.25) is 0 Å². The molecule has 1 aliphatic carbocycles. The maximum absolute atomic E-state index is 12.5. The van der Waals surface area contributed by atoms with Crippen molar-refractivity contribution in [3.8, 4) is 0 Å². The van der Waals surface area contributed by atoms with Crippen molar-refractivity contribution in [1.82, 2.24) is 25.0 Å². The highest BCUT2D eigenvalue weighted by molar-refractivity contribution is 5.74. The molecular formula is C16H29N5O2. The van der Waals surface area contributed by atoms with Crippen LogP contribution in [0, 0.1) is 0 Å². The van der Waals surface area contributed by atoms with Crippen LogP contribution in [-0.4, -0.2) is 52.5 Å². The zero-order chi connectivity index (χ0) is 16.7. The Morgan fingerprint density at radius 2 is 2.22 bits per heavy atom. The molecule has 1 aromatic rings. The maximum Gasteiger partial charge on any atom is 0.317 e. The van der Waals surface area contributed by atoms with Gasteiger partial charge in [-0.25, -0.2) is 4.79 Å². The van der Waals surface area contributed by atoms with Gasteiger partial charge in [0.15, 0.2) is 5.82 Å². The van der Waals surface area contributed by atoms with Gasteiger partial charge in [-0.15, -0.1) is 10.2 Å². The van der Waals surface area contributed by atoms with Gasteiger partial charge in [-0.3, -0.25) is 0 Å². The molecule has 1 aromatic heterocycles. The van der Waals surface area contributed by atoms with E-state index in [2.05, 4.69) is 15.5 Å². The SMILES string of the molecule is COCCCn1cnnc1[C@H](C)NC(=O)N(C)C1CCCCC1. The number of hydrogen-bond acceptors (Lipinski definition) is 4. The van der Waals surface area contributed by atoms with Crippen LogP contribution in [0.5, 0.6) is 0 Å². The molecule has 0 aliphatic heterocycles. The molecule has 23 heavy (non-hydrogen) atoms. The van der Waals surface area contributed by atoms with E-state index in [1.54, 1.807) is 13.4 Å². The minimum atomic E-state index is -0.168. The molecule has 0 unspecified atom stereocenters. The zero-order valence-electron chi connectivity index (χ0n) is 14.5. The molecule has 1 N–H and O–H groups in total. The van der Waals surface area contributed by atoms with Crippen LogP contribution in [0.15, 0.2) is 6.33 Å². The Morgan fingerprint density at radius 3 is 2.91 bits per heavy atom. The van der Waals surface area contributed by atoms with Crippen LogP contribution in [0.3, 0.4) is 0 Å². The van der Waals surface area contributed by atoms with E-state index in [1.807, 2.05) is 23.4 Å². The van der Waals surface area contributed by atoms with Crippen molar-refractivity contribution in [2.24, 2.45) is 0 Å². The Kier molecular flexibility index (Phi) is 6.83. The number of aryl methyl sites for hydroxylation is 1. The van der Waals surface area contributed by atoms with Crippen molar-refractivity contribution in [2.75, 3.05) is 20.8 Å². The molecule has 130 valence electrons. The lowest BCUT2D eigenvalue weighted by Crippen LogP contribution is -2.45. The number of nitrogens with one attached hydrogen (secondary N) is 1. The number of carbonyl (C=O) groups is 1. The normalized spacial score (nSPS) is 17.0. The Bertz CT molecular complexity index is 485. The van der Waals surface area contributed by atoms with Crippen LogP contribution in [0.4, 0.5) is 4.79 Å². The van der Waals surface area contributed by atoms with Crippen molar-refractivity contribution in [2.45, 2.75) is 64.1 Å². The minimum Gasteiger partial charge on any atom is -0.385 e. The summed E-state index contributed by atoms with van der Waals surface area (Å²) in [7, 11) is 3.58. The van der Waals surface area contributed by atoms with Crippen molar-refractivity contribution < 1.29 is 9.53 Å². The maximum atomic E-state index is 12.5. The molecule has 1 aliphatic rings. The van der Waals surface area contributed by atoms with Gasteiger partial charge in [-0.1, -0.05) is 19.3 Å². The second kappa shape index (κ2) is 8.86. The summed E-state index contributed by atoms with van der Waals surface area (Å²) in [6, 6.07) is 0.157. The van der Waals surface area contributed by atoms with Crippen molar-refractivity contribution in [3.05, 3.63) is 12.2 Å². The second-order valence-corrected chi connectivity index (χ2v) is 6.30. The molecule has 7 nitrogen and oxygen atoms in total. The van der Waals surface area contributed by atoms with E-state index in [4.69, 9.17) is 4.74 Å². The van der Waals surface area contributed by atoms with Gasteiger partial charge in [-0.05, 0) is 26.2 Å². The molecular weight excluding hydrogens is 294 g/mol. The molecule has 0 aromatic carbocycles. The summed E-state index contributed by atoms with van der Waals surface area (Å²) in [4.78, 5) is 14.3. The van der Waals surface area contributed by atoms with Crippen molar-refractivity contribution in [3.63, 3.8) is 0 Å². The Hall–Kier alpha value is -1.63. The molecule has 0 bridgehead atoms. The summed E-state index contributed by atoms with van der Waals surface area (Å²) in [5.41, 5.74) is 0. The molecule has 1 fully saturated rings. The van der Waals surface area contributed by atoms with Gasteiger partial charge >= 0.3 is 6.03 Å². The molecule has 7 heteroatoms. The highest BCUT2D eigenvalue weighted by Gasteiger charge is 2.24. The van der Waals surface area contributed by atoms with E-state index in [0.717, 1.165) is 31.6 Å². The number of ether oxygens (including phenoxy) is 1. The lowest BCUT2D eigenvalue weighted by molar-refractivity contribution is 0.170. The number of amides is 2. The monoisotopic (exact) mass is 323 g/mol. The summed E-state index contributed by atoms with van der Waals surface area (Å²) >= 11 is 0. The van der Waals surface area contributed by atoms with Gasteiger partial charge in [0, 0.05) is 33.4 Å². The molecule has 1 heterocycles. The third-order valence-electron chi connectivity index (χ3n) is 4.56. The van der Waals surface area contributed by atoms with Gasteiger partial charge in [0.1, 0.15) is 6.33 Å². The number of aromatic nitrogens is 3. The lowest BCUT2D eigenvalue weighted by Gasteiger charge is -2.32. The van der Waals surface area contributed by atoms with E-state index >= 15 is 0 Å². The predicted molar refractivity (Wildman–Crippen MR) is 88.1 cm³/mol. The number of carbonyl (C=O) groups excluding carboxylic acids is 1. The number of nitrogens with zero attached hydrogens (tertiary/aromatic N) is 4. The molecule has 1 atom stereocenters. The summed E-state index contributed by atoms with van der Waals surface area (Å²) in [6.45, 7) is 3.43. The first-order valence-corrected chi connectivity index (χ1v) is 8.53. The lowest BCUT2D eigenvalue weighted by atomic mass is 9.95. The third kappa shape index (κ3) is 4.92. The predicted octanol–water partition coefficient (Wildman–Crippen LogP) is 2.35. The van der Waals surface area contributed by atoms with Crippen molar-refractivity contribution >= 4 is 6.03 Å². The minimum absolute atomic E-state index is 0.0316. The van der Waals surface area contributed by atoms with Gasteiger partial charge in [0.2, 0.25) is 0 Å². The first kappa shape index (κ1) is 17.7. The Morgan fingerprint density at radius 1 is 1.48 bits per heavy atom. The molecule has 0 saturated heterocycles. The van der Waals surface area contributed by atoms with E-state index in [1.165, 1.54) is 19.3 Å². The standard InChI is InChI=1S/C16H29N5O2/c1-13(15-19-17-12-21(15)10-7-11-23-3)18-16(22)20(2)14-8-5-4-6-9-14/h12-14H,4-11H2,1-3H3,(H,18,22)/t13-/m0/s1.